The number of benzene rings is 1. The van der Waals surface area contributed by atoms with Crippen LogP contribution in [-0.4, -0.2) is 59.7 Å². The minimum Gasteiger partial charge on any atom is -0.385 e. The molecule has 2 rings (SSSR count). The van der Waals surface area contributed by atoms with E-state index < -0.39 is 17.8 Å². The number of aromatic nitrogens is 1. The summed E-state index contributed by atoms with van der Waals surface area (Å²) in [6, 6.07) is 7.81. The van der Waals surface area contributed by atoms with Crippen LogP contribution in [0.5, 0.6) is 0 Å². The van der Waals surface area contributed by atoms with Gasteiger partial charge in [-0.15, -0.1) is 0 Å². The zero-order valence-corrected chi connectivity index (χ0v) is 19.9. The molecule has 0 atom stereocenters. The van der Waals surface area contributed by atoms with Gasteiger partial charge in [0.1, 0.15) is 6.54 Å². The first kappa shape index (κ1) is 27.2. The lowest BCUT2D eigenvalue weighted by atomic mass is 10.1. The summed E-state index contributed by atoms with van der Waals surface area (Å²) in [5.41, 5.74) is -0.352. The van der Waals surface area contributed by atoms with Gasteiger partial charge in [0.25, 0.3) is 0 Å². The van der Waals surface area contributed by atoms with E-state index in [0.29, 0.717) is 26.1 Å². The molecule has 1 aromatic heterocycles. The lowest BCUT2D eigenvalue weighted by Crippen LogP contribution is -2.45. The van der Waals surface area contributed by atoms with E-state index in [1.54, 1.807) is 4.90 Å². The molecule has 7 nitrogen and oxygen atoms in total. The summed E-state index contributed by atoms with van der Waals surface area (Å²) in [6.07, 6.45) is -0.605. The van der Waals surface area contributed by atoms with Crippen molar-refractivity contribution in [2.75, 3.05) is 38.7 Å². The summed E-state index contributed by atoms with van der Waals surface area (Å²) in [4.78, 5) is 29.1. The van der Waals surface area contributed by atoms with Gasteiger partial charge in [0.2, 0.25) is 5.91 Å². The molecule has 0 saturated heterocycles. The quantitative estimate of drug-likeness (QED) is 0.444. The molecule has 3 amide bonds. The molecular weight excluding hydrogens is 449 g/mol. The summed E-state index contributed by atoms with van der Waals surface area (Å²) in [5, 5.41) is 2.34. The molecule has 0 saturated carbocycles. The Morgan fingerprint density at radius 3 is 2.38 bits per heavy atom. The van der Waals surface area contributed by atoms with Crippen LogP contribution in [0.3, 0.4) is 0 Å². The van der Waals surface area contributed by atoms with Crippen LogP contribution in [0, 0.1) is 0 Å². The Bertz CT molecular complexity index is 930. The highest BCUT2D eigenvalue weighted by Gasteiger charge is 2.34. The summed E-state index contributed by atoms with van der Waals surface area (Å²) < 4.78 is 47.0. The zero-order valence-electron chi connectivity index (χ0n) is 19.9. The number of nitrogens with zero attached hydrogens (tertiary/aromatic N) is 3. The van der Waals surface area contributed by atoms with Crippen LogP contribution in [0.15, 0.2) is 42.6 Å². The molecule has 34 heavy (non-hydrogen) atoms. The molecule has 1 N–H and O–H groups in total. The van der Waals surface area contributed by atoms with E-state index >= 15 is 0 Å². The number of rotatable bonds is 12. The predicted molar refractivity (Wildman–Crippen MR) is 124 cm³/mol. The van der Waals surface area contributed by atoms with Crippen LogP contribution < -0.4 is 5.32 Å². The molecule has 0 aliphatic heterocycles. The molecular formula is C24H33F3N4O3. The van der Waals surface area contributed by atoms with Crippen molar-refractivity contribution in [3.8, 4) is 0 Å². The highest BCUT2D eigenvalue weighted by molar-refractivity contribution is 5.93. The highest BCUT2D eigenvalue weighted by Crippen LogP contribution is 2.34. The second kappa shape index (κ2) is 13.0. The number of para-hydroxylation sites is 1. The Morgan fingerprint density at radius 2 is 1.76 bits per heavy atom. The topological polar surface area (TPSA) is 66.8 Å². The van der Waals surface area contributed by atoms with Crippen molar-refractivity contribution >= 4 is 17.6 Å². The largest absolute Gasteiger partial charge is 0.418 e. The Hall–Kier alpha value is -3.01. The standard InChI is InChI=1S/C24H33F3N4O3/c1-4-5-14-30(17-19-10-8-13-29(19)2)22(32)18-31(15-9-16-34-3)23(33)28-21-12-7-6-11-20(21)24(25,26)27/h6-8,10-13H,4-5,9,14-18H2,1-3H3,(H,28,33). The van der Waals surface area contributed by atoms with Gasteiger partial charge in [-0.3, -0.25) is 4.79 Å². The van der Waals surface area contributed by atoms with Crippen molar-refractivity contribution in [2.24, 2.45) is 7.05 Å². The van der Waals surface area contributed by atoms with Crippen LogP contribution in [0.2, 0.25) is 0 Å². The number of unbranched alkanes of at least 4 members (excludes halogenated alkanes) is 1. The van der Waals surface area contributed by atoms with Crippen LogP contribution in [-0.2, 0) is 29.3 Å². The number of anilines is 1. The first-order valence-corrected chi connectivity index (χ1v) is 11.3. The Balaban J connectivity index is 2.19. The lowest BCUT2D eigenvalue weighted by molar-refractivity contribution is -0.137. The van der Waals surface area contributed by atoms with Gasteiger partial charge in [-0.05, 0) is 37.1 Å². The Kier molecular flexibility index (Phi) is 10.4. The summed E-state index contributed by atoms with van der Waals surface area (Å²) in [5.74, 6) is -0.272. The third-order valence-corrected chi connectivity index (χ3v) is 5.40. The van der Waals surface area contributed by atoms with Crippen molar-refractivity contribution in [3.05, 3.63) is 53.9 Å². The maximum absolute atomic E-state index is 13.4. The van der Waals surface area contributed by atoms with Crippen molar-refractivity contribution in [1.82, 2.24) is 14.4 Å². The number of hydrogen-bond acceptors (Lipinski definition) is 3. The molecule has 188 valence electrons. The second-order valence-electron chi connectivity index (χ2n) is 8.02. The van der Waals surface area contributed by atoms with E-state index in [0.717, 1.165) is 24.6 Å². The SMILES string of the molecule is CCCCN(Cc1cccn1C)C(=O)CN(CCCOC)C(=O)Nc1ccccc1C(F)(F)F. The average Bonchev–Trinajstić information content (AvgIpc) is 3.19. The molecule has 1 aromatic carbocycles. The first-order valence-electron chi connectivity index (χ1n) is 11.3. The van der Waals surface area contributed by atoms with E-state index in [4.69, 9.17) is 4.74 Å². The fourth-order valence-corrected chi connectivity index (χ4v) is 3.45. The number of nitrogens with one attached hydrogen (secondary N) is 1. The molecule has 2 aromatic rings. The maximum Gasteiger partial charge on any atom is 0.418 e. The number of carbonyl (C=O) groups is 2. The second-order valence-corrected chi connectivity index (χ2v) is 8.02. The van der Waals surface area contributed by atoms with Gasteiger partial charge in [0.15, 0.2) is 0 Å². The molecule has 0 bridgehead atoms. The van der Waals surface area contributed by atoms with E-state index in [-0.39, 0.29) is 24.7 Å². The van der Waals surface area contributed by atoms with Gasteiger partial charge >= 0.3 is 12.2 Å². The van der Waals surface area contributed by atoms with Crippen LogP contribution >= 0.6 is 0 Å². The highest BCUT2D eigenvalue weighted by atomic mass is 19.4. The van der Waals surface area contributed by atoms with E-state index in [1.165, 1.54) is 30.2 Å². The average molecular weight is 483 g/mol. The summed E-state index contributed by atoms with van der Waals surface area (Å²) in [7, 11) is 3.40. The Morgan fingerprint density at radius 1 is 1.06 bits per heavy atom. The zero-order chi connectivity index (χ0) is 25.1. The fraction of sp³-hybridized carbons (Fsp3) is 0.500. The van der Waals surface area contributed by atoms with E-state index in [1.807, 2.05) is 36.9 Å². The number of aryl methyl sites for hydroxylation is 1. The van der Waals surface area contributed by atoms with Gasteiger partial charge in [-0.1, -0.05) is 25.5 Å². The number of urea groups is 1. The molecule has 0 radical (unpaired) electrons. The maximum atomic E-state index is 13.4. The van der Waals surface area contributed by atoms with Crippen molar-refractivity contribution in [1.29, 1.82) is 0 Å². The van der Waals surface area contributed by atoms with Gasteiger partial charge in [-0.2, -0.15) is 13.2 Å². The predicted octanol–water partition coefficient (Wildman–Crippen LogP) is 4.74. The van der Waals surface area contributed by atoms with Crippen LogP contribution in [0.1, 0.15) is 37.4 Å². The molecule has 0 aliphatic rings. The minimum absolute atomic E-state index is 0.158. The van der Waals surface area contributed by atoms with Crippen LogP contribution in [0.25, 0.3) is 0 Å². The fourth-order valence-electron chi connectivity index (χ4n) is 3.45. The molecule has 1 heterocycles. The molecule has 10 heteroatoms. The number of ether oxygens (including phenoxy) is 1. The van der Waals surface area contributed by atoms with Gasteiger partial charge in [0, 0.05) is 45.7 Å². The number of alkyl halides is 3. The smallest absolute Gasteiger partial charge is 0.385 e. The molecule has 0 unspecified atom stereocenters. The van der Waals surface area contributed by atoms with Crippen molar-refractivity contribution in [3.63, 3.8) is 0 Å². The summed E-state index contributed by atoms with van der Waals surface area (Å²) in [6.45, 7) is 3.18. The van der Waals surface area contributed by atoms with Crippen molar-refractivity contribution < 1.29 is 27.5 Å². The Labute approximate surface area is 198 Å². The molecule has 0 fully saturated rings. The third kappa shape index (κ3) is 8.09. The lowest BCUT2D eigenvalue weighted by Gasteiger charge is -2.28. The van der Waals surface area contributed by atoms with Crippen molar-refractivity contribution in [2.45, 2.75) is 38.9 Å². The third-order valence-electron chi connectivity index (χ3n) is 5.40. The number of hydrogen-bond donors (Lipinski definition) is 1. The molecule has 0 aliphatic carbocycles. The monoisotopic (exact) mass is 482 g/mol. The van der Waals surface area contributed by atoms with Crippen LogP contribution in [0.4, 0.5) is 23.7 Å². The van der Waals surface area contributed by atoms with Gasteiger partial charge in [-0.25, -0.2) is 4.79 Å². The number of amides is 3. The summed E-state index contributed by atoms with van der Waals surface area (Å²) >= 11 is 0. The van der Waals surface area contributed by atoms with E-state index in [2.05, 4.69) is 5.32 Å². The number of methoxy groups -OCH3 is 1. The number of carbonyl (C=O) groups excluding carboxylic acids is 2. The molecule has 0 spiro atoms. The number of halogens is 3. The van der Waals surface area contributed by atoms with Gasteiger partial charge < -0.3 is 24.4 Å². The first-order chi connectivity index (χ1) is 16.2. The van der Waals surface area contributed by atoms with E-state index in [9.17, 15) is 22.8 Å². The normalized spacial score (nSPS) is 11.4. The van der Waals surface area contributed by atoms with Gasteiger partial charge in [0.05, 0.1) is 17.8 Å². The minimum atomic E-state index is -4.62.